The molecule has 0 saturated heterocycles. The number of amides is 1. The molecule has 0 spiro atoms. The van der Waals surface area contributed by atoms with Crippen LogP contribution in [0.25, 0.3) is 0 Å². The van der Waals surface area contributed by atoms with E-state index in [9.17, 15) is 18.7 Å². The lowest BCUT2D eigenvalue weighted by Gasteiger charge is -2.10. The first-order chi connectivity index (χ1) is 12.0. The van der Waals surface area contributed by atoms with Crippen LogP contribution < -0.4 is 10.1 Å². The van der Waals surface area contributed by atoms with Gasteiger partial charge < -0.3 is 15.2 Å². The lowest BCUT2D eigenvalue weighted by Crippen LogP contribution is -2.30. The Balaban J connectivity index is 1.75. The average molecular weight is 349 g/mol. The summed E-state index contributed by atoms with van der Waals surface area (Å²) in [5.41, 5.74) is 0.736. The second-order valence-electron chi connectivity index (χ2n) is 5.58. The van der Waals surface area contributed by atoms with Gasteiger partial charge in [0.15, 0.2) is 6.61 Å². The van der Waals surface area contributed by atoms with E-state index in [4.69, 9.17) is 4.74 Å². The molecule has 0 heterocycles. The van der Waals surface area contributed by atoms with Gasteiger partial charge >= 0.3 is 0 Å². The highest BCUT2D eigenvalue weighted by atomic mass is 19.1. The molecule has 0 aromatic heterocycles. The van der Waals surface area contributed by atoms with Gasteiger partial charge in [-0.1, -0.05) is 25.1 Å². The second kappa shape index (κ2) is 9.13. The van der Waals surface area contributed by atoms with Crippen molar-refractivity contribution in [1.29, 1.82) is 0 Å². The Hall–Kier alpha value is -2.47. The van der Waals surface area contributed by atoms with Gasteiger partial charge in [-0.15, -0.1) is 0 Å². The molecule has 2 N–H and O–H groups in total. The smallest absolute Gasteiger partial charge is 0.257 e. The topological polar surface area (TPSA) is 58.6 Å². The van der Waals surface area contributed by atoms with E-state index in [2.05, 4.69) is 5.32 Å². The van der Waals surface area contributed by atoms with Crippen LogP contribution in [0.1, 0.15) is 30.6 Å². The first-order valence-corrected chi connectivity index (χ1v) is 8.11. The summed E-state index contributed by atoms with van der Waals surface area (Å²) in [5, 5.41) is 12.3. The molecule has 0 fully saturated rings. The summed E-state index contributed by atoms with van der Waals surface area (Å²) in [4.78, 5) is 11.7. The molecule has 0 saturated carbocycles. The Morgan fingerprint density at radius 2 is 1.80 bits per heavy atom. The van der Waals surface area contributed by atoms with Crippen molar-refractivity contribution in [1.82, 2.24) is 5.32 Å². The largest absolute Gasteiger partial charge is 0.484 e. The lowest BCUT2D eigenvalue weighted by atomic mass is 10.1. The predicted molar refractivity (Wildman–Crippen MR) is 90.3 cm³/mol. The molecule has 1 unspecified atom stereocenters. The summed E-state index contributed by atoms with van der Waals surface area (Å²) in [7, 11) is 0. The van der Waals surface area contributed by atoms with Gasteiger partial charge in [-0.3, -0.25) is 4.79 Å². The van der Waals surface area contributed by atoms with E-state index < -0.39 is 17.7 Å². The summed E-state index contributed by atoms with van der Waals surface area (Å²) in [6.07, 6.45) is 0.162. The minimum atomic E-state index is -0.625. The zero-order chi connectivity index (χ0) is 18.2. The quantitative estimate of drug-likeness (QED) is 0.770. The molecule has 4 nitrogen and oxygen atoms in total. The Bertz CT molecular complexity index is 684. The number of aliphatic hydroxyl groups is 1. The molecule has 0 bridgehead atoms. The van der Waals surface area contributed by atoms with Gasteiger partial charge in [-0.05, 0) is 42.7 Å². The number of rotatable bonds is 8. The average Bonchev–Trinajstić information content (AvgIpc) is 2.62. The zero-order valence-corrected chi connectivity index (χ0v) is 14.0. The van der Waals surface area contributed by atoms with Crippen molar-refractivity contribution in [3.8, 4) is 5.75 Å². The minimum Gasteiger partial charge on any atom is -0.484 e. The standard InChI is InChI=1S/C19H21F2NO3/c1-2-18(23)13-6-8-14(9-7-13)25-12-19(24)22-11-10-15-16(20)4-3-5-17(15)21/h3-9,18,23H,2,10-12H2,1H3,(H,22,24). The van der Waals surface area contributed by atoms with Gasteiger partial charge in [0, 0.05) is 12.1 Å². The van der Waals surface area contributed by atoms with Crippen LogP contribution in [0.2, 0.25) is 0 Å². The fourth-order valence-corrected chi connectivity index (χ4v) is 2.32. The number of aliphatic hydroxyl groups excluding tert-OH is 1. The van der Waals surface area contributed by atoms with E-state index in [0.717, 1.165) is 5.56 Å². The second-order valence-corrected chi connectivity index (χ2v) is 5.58. The van der Waals surface area contributed by atoms with Crippen molar-refractivity contribution < 1.29 is 23.4 Å². The van der Waals surface area contributed by atoms with Crippen LogP contribution in [0.4, 0.5) is 8.78 Å². The number of hydrogen-bond donors (Lipinski definition) is 2. The van der Waals surface area contributed by atoms with Gasteiger partial charge in [-0.2, -0.15) is 0 Å². The van der Waals surface area contributed by atoms with E-state index >= 15 is 0 Å². The van der Waals surface area contributed by atoms with Gasteiger partial charge in [0.1, 0.15) is 17.4 Å². The Morgan fingerprint density at radius 3 is 2.40 bits per heavy atom. The minimum absolute atomic E-state index is 0.0474. The SMILES string of the molecule is CCC(O)c1ccc(OCC(=O)NCCc2c(F)cccc2F)cc1. The summed E-state index contributed by atoms with van der Waals surface area (Å²) >= 11 is 0. The van der Waals surface area contributed by atoms with E-state index in [1.165, 1.54) is 18.2 Å². The van der Waals surface area contributed by atoms with Crippen molar-refractivity contribution in [2.45, 2.75) is 25.9 Å². The van der Waals surface area contributed by atoms with E-state index in [-0.39, 0.29) is 31.0 Å². The Morgan fingerprint density at radius 1 is 1.16 bits per heavy atom. The summed E-state index contributed by atoms with van der Waals surface area (Å²) in [6.45, 7) is 1.80. The van der Waals surface area contributed by atoms with Gasteiger partial charge in [0.2, 0.25) is 0 Å². The number of ether oxygens (including phenoxy) is 1. The molecule has 0 aliphatic carbocycles. The Kier molecular flexibility index (Phi) is 6.89. The molecule has 1 amide bonds. The lowest BCUT2D eigenvalue weighted by molar-refractivity contribution is -0.123. The fourth-order valence-electron chi connectivity index (χ4n) is 2.32. The molecular weight excluding hydrogens is 328 g/mol. The number of carbonyl (C=O) groups is 1. The van der Waals surface area contributed by atoms with E-state index in [0.29, 0.717) is 12.2 Å². The van der Waals surface area contributed by atoms with Crippen LogP contribution in [0.5, 0.6) is 5.75 Å². The van der Waals surface area contributed by atoms with Crippen molar-refractivity contribution in [2.75, 3.05) is 13.2 Å². The highest BCUT2D eigenvalue weighted by molar-refractivity contribution is 5.77. The van der Waals surface area contributed by atoms with Crippen LogP contribution in [-0.2, 0) is 11.2 Å². The van der Waals surface area contributed by atoms with E-state index in [1.807, 2.05) is 6.92 Å². The maximum absolute atomic E-state index is 13.5. The van der Waals surface area contributed by atoms with Gasteiger partial charge in [0.05, 0.1) is 6.10 Å². The molecule has 0 aliphatic rings. The molecule has 1 atom stereocenters. The number of halogens is 2. The predicted octanol–water partition coefficient (Wildman–Crippen LogP) is 3.15. The zero-order valence-electron chi connectivity index (χ0n) is 14.0. The van der Waals surface area contributed by atoms with Crippen molar-refractivity contribution in [3.05, 3.63) is 65.2 Å². The number of nitrogens with one attached hydrogen (secondary N) is 1. The first-order valence-electron chi connectivity index (χ1n) is 8.11. The number of benzene rings is 2. The normalized spacial score (nSPS) is 11.8. The molecule has 2 rings (SSSR count). The van der Waals surface area contributed by atoms with Crippen LogP contribution in [0.15, 0.2) is 42.5 Å². The molecule has 2 aromatic rings. The summed E-state index contributed by atoms with van der Waals surface area (Å²) < 4.78 is 32.3. The third-order valence-corrected chi connectivity index (χ3v) is 3.78. The monoisotopic (exact) mass is 349 g/mol. The van der Waals surface area contributed by atoms with Gasteiger partial charge in [-0.25, -0.2) is 8.78 Å². The van der Waals surface area contributed by atoms with Crippen molar-refractivity contribution in [2.24, 2.45) is 0 Å². The van der Waals surface area contributed by atoms with Crippen LogP contribution >= 0.6 is 0 Å². The van der Waals surface area contributed by atoms with Crippen LogP contribution in [-0.4, -0.2) is 24.2 Å². The molecule has 0 aliphatic heterocycles. The highest BCUT2D eigenvalue weighted by Gasteiger charge is 2.09. The van der Waals surface area contributed by atoms with Crippen molar-refractivity contribution >= 4 is 5.91 Å². The maximum Gasteiger partial charge on any atom is 0.257 e. The summed E-state index contributed by atoms with van der Waals surface area (Å²) in [5.74, 6) is -1.13. The third-order valence-electron chi connectivity index (χ3n) is 3.78. The number of hydrogen-bond acceptors (Lipinski definition) is 3. The molecule has 0 radical (unpaired) electrons. The Labute approximate surface area is 145 Å². The fraction of sp³-hybridized carbons (Fsp3) is 0.316. The number of carbonyl (C=O) groups excluding carboxylic acids is 1. The highest BCUT2D eigenvalue weighted by Crippen LogP contribution is 2.19. The molecule has 2 aromatic carbocycles. The van der Waals surface area contributed by atoms with Crippen molar-refractivity contribution in [3.63, 3.8) is 0 Å². The first kappa shape index (κ1) is 18.9. The van der Waals surface area contributed by atoms with Crippen LogP contribution in [0.3, 0.4) is 0 Å². The van der Waals surface area contributed by atoms with Gasteiger partial charge in [0.25, 0.3) is 5.91 Å². The molecule has 6 heteroatoms. The van der Waals surface area contributed by atoms with Crippen LogP contribution in [0, 0.1) is 11.6 Å². The molecule has 134 valence electrons. The molecular formula is C19H21F2NO3. The maximum atomic E-state index is 13.5. The molecule has 25 heavy (non-hydrogen) atoms. The van der Waals surface area contributed by atoms with E-state index in [1.54, 1.807) is 24.3 Å². The third kappa shape index (κ3) is 5.53. The summed E-state index contributed by atoms with van der Waals surface area (Å²) in [6, 6.07) is 10.5.